The molecule has 3 aromatic carbocycles. The van der Waals surface area contributed by atoms with E-state index in [0.29, 0.717) is 17.7 Å². The Morgan fingerprint density at radius 3 is 2.29 bits per heavy atom. The van der Waals surface area contributed by atoms with Gasteiger partial charge in [0.1, 0.15) is 5.75 Å². The summed E-state index contributed by atoms with van der Waals surface area (Å²) in [5.74, 6) is 0.430. The van der Waals surface area contributed by atoms with Crippen molar-refractivity contribution in [2.24, 2.45) is 0 Å². The third-order valence-electron chi connectivity index (χ3n) is 4.30. The average Bonchev–Trinajstić information content (AvgIpc) is 2.80. The number of hydrogen-bond donors (Lipinski definition) is 0. The van der Waals surface area contributed by atoms with E-state index < -0.39 is 0 Å². The summed E-state index contributed by atoms with van der Waals surface area (Å²) < 4.78 is 10.3. The van der Waals surface area contributed by atoms with E-state index in [9.17, 15) is 4.79 Å². The van der Waals surface area contributed by atoms with Gasteiger partial charge < -0.3 is 9.47 Å². The molecule has 0 aliphatic carbocycles. The van der Waals surface area contributed by atoms with Crippen molar-refractivity contribution in [3.63, 3.8) is 0 Å². The van der Waals surface area contributed by atoms with Crippen molar-refractivity contribution in [1.82, 2.24) is 0 Å². The Labute approximate surface area is 197 Å². The largest absolute Gasteiger partial charge is 1.00 e. The molecule has 3 aromatic rings. The van der Waals surface area contributed by atoms with Crippen LogP contribution in [0, 0.1) is 16.7 Å². The van der Waals surface area contributed by atoms with Crippen LogP contribution in [0.25, 0.3) is 5.57 Å². The van der Waals surface area contributed by atoms with E-state index in [1.807, 2.05) is 48.5 Å². The molecule has 0 atom stereocenters. The standard InChI is InChI=1S/C25H20NO3S.Cu/c1-3-29-25(27)21-6-4-5-20(15-21)24(19-9-7-18(16-26)8-10-19)17-30-23-13-11-22(28-2)12-14-23;/h4-15H,3H2,1-2H3;/q-1;+1. The Balaban J connectivity index is 0.00000341. The number of rotatable bonds is 7. The quantitative estimate of drug-likeness (QED) is 0.188. The molecule has 0 N–H and O–H groups in total. The maximum Gasteiger partial charge on any atom is 1.00 e. The first-order chi connectivity index (χ1) is 14.6. The summed E-state index contributed by atoms with van der Waals surface area (Å²) >= 11 is 1.45. The third kappa shape index (κ3) is 6.50. The molecule has 4 nitrogen and oxygen atoms in total. The van der Waals surface area contributed by atoms with E-state index in [4.69, 9.17) is 14.7 Å². The smallest absolute Gasteiger partial charge is 0.497 e. The fourth-order valence-electron chi connectivity index (χ4n) is 2.77. The summed E-state index contributed by atoms with van der Waals surface area (Å²) in [4.78, 5) is 13.2. The van der Waals surface area contributed by atoms with Crippen molar-refractivity contribution in [1.29, 1.82) is 5.26 Å². The van der Waals surface area contributed by atoms with Crippen LogP contribution in [0.5, 0.6) is 5.75 Å². The molecule has 0 amide bonds. The minimum atomic E-state index is -0.360. The molecular formula is C25H20CuNO3S. The fraction of sp³-hybridized carbons (Fsp3) is 0.120. The SMILES string of the molecule is CCOC(=O)c1cccc(C(=[C-]Sc2ccc(OC)cc2)c2ccc(C#N)cc2)c1.[Cu+]. The van der Waals surface area contributed by atoms with Gasteiger partial charge in [-0.25, -0.2) is 4.79 Å². The summed E-state index contributed by atoms with van der Waals surface area (Å²) in [5, 5.41) is 12.5. The molecule has 0 heterocycles. The van der Waals surface area contributed by atoms with E-state index in [0.717, 1.165) is 27.3 Å². The van der Waals surface area contributed by atoms with Crippen LogP contribution in [0.1, 0.15) is 34.0 Å². The maximum atomic E-state index is 12.2. The number of methoxy groups -OCH3 is 1. The van der Waals surface area contributed by atoms with Crippen LogP contribution in [0.2, 0.25) is 0 Å². The van der Waals surface area contributed by atoms with Gasteiger partial charge in [-0.15, -0.1) is 34.7 Å². The van der Waals surface area contributed by atoms with Gasteiger partial charge in [-0.2, -0.15) is 22.6 Å². The topological polar surface area (TPSA) is 59.3 Å². The second-order valence-electron chi connectivity index (χ2n) is 6.25. The number of carbonyl (C=O) groups is 1. The number of esters is 1. The van der Waals surface area contributed by atoms with Crippen molar-refractivity contribution in [2.75, 3.05) is 13.7 Å². The number of nitriles is 1. The molecule has 0 aliphatic heterocycles. The molecule has 0 aromatic heterocycles. The van der Waals surface area contributed by atoms with Crippen molar-refractivity contribution in [2.45, 2.75) is 11.8 Å². The summed E-state index contributed by atoms with van der Waals surface area (Å²) in [6.07, 6.45) is 0. The van der Waals surface area contributed by atoms with Gasteiger partial charge in [0.2, 0.25) is 0 Å². The van der Waals surface area contributed by atoms with Gasteiger partial charge in [0.25, 0.3) is 0 Å². The number of benzene rings is 3. The molecule has 31 heavy (non-hydrogen) atoms. The van der Waals surface area contributed by atoms with Crippen LogP contribution in [0.3, 0.4) is 0 Å². The number of ether oxygens (including phenoxy) is 2. The van der Waals surface area contributed by atoms with E-state index in [1.165, 1.54) is 11.8 Å². The van der Waals surface area contributed by atoms with Crippen LogP contribution < -0.4 is 4.74 Å². The zero-order chi connectivity index (χ0) is 21.3. The molecule has 0 spiro atoms. The molecule has 0 fully saturated rings. The predicted molar refractivity (Wildman–Crippen MR) is 118 cm³/mol. The van der Waals surface area contributed by atoms with E-state index in [2.05, 4.69) is 11.5 Å². The molecule has 0 radical (unpaired) electrons. The Bertz CT molecular complexity index is 1090. The Morgan fingerprint density at radius 1 is 1.00 bits per heavy atom. The van der Waals surface area contributed by atoms with Crippen LogP contribution in [-0.2, 0) is 21.8 Å². The molecule has 0 aliphatic rings. The minimum Gasteiger partial charge on any atom is -0.497 e. The Kier molecular flexibility index (Phi) is 9.42. The van der Waals surface area contributed by atoms with Gasteiger partial charge in [-0.05, 0) is 42.2 Å². The summed E-state index contributed by atoms with van der Waals surface area (Å²) in [5.41, 5.74) is 3.63. The number of hydrogen-bond acceptors (Lipinski definition) is 5. The second-order valence-corrected chi connectivity index (χ2v) is 7.12. The van der Waals surface area contributed by atoms with Crippen molar-refractivity contribution in [3.05, 3.63) is 100 Å². The minimum absolute atomic E-state index is 0. The first kappa shape index (κ1) is 24.3. The summed E-state index contributed by atoms with van der Waals surface area (Å²) in [7, 11) is 1.63. The third-order valence-corrected chi connectivity index (χ3v) is 5.11. The first-order valence-corrected chi connectivity index (χ1v) is 10.2. The van der Waals surface area contributed by atoms with Crippen molar-refractivity contribution in [3.8, 4) is 11.8 Å². The summed E-state index contributed by atoms with van der Waals surface area (Å²) in [6.45, 7) is 2.10. The second kappa shape index (κ2) is 12.0. The van der Waals surface area contributed by atoms with Crippen LogP contribution >= 0.6 is 11.8 Å². The predicted octanol–water partition coefficient (Wildman–Crippen LogP) is 5.73. The van der Waals surface area contributed by atoms with Crippen molar-refractivity contribution >= 4 is 23.3 Å². The van der Waals surface area contributed by atoms with Crippen LogP contribution in [-0.4, -0.2) is 19.7 Å². The Morgan fingerprint density at radius 2 is 1.68 bits per heavy atom. The average molecular weight is 478 g/mol. The fourth-order valence-corrected chi connectivity index (χ4v) is 3.49. The molecule has 0 bridgehead atoms. The number of carbonyl (C=O) groups excluding carboxylic acids is 1. The molecule has 6 heteroatoms. The van der Waals surface area contributed by atoms with E-state index >= 15 is 0 Å². The van der Waals surface area contributed by atoms with Gasteiger partial charge in [0.05, 0.1) is 19.8 Å². The zero-order valence-corrected chi connectivity index (χ0v) is 18.8. The van der Waals surface area contributed by atoms with Gasteiger partial charge >= 0.3 is 23.0 Å². The van der Waals surface area contributed by atoms with Gasteiger partial charge in [-0.3, -0.25) is 0 Å². The van der Waals surface area contributed by atoms with E-state index in [-0.39, 0.29) is 23.0 Å². The normalized spacial score (nSPS) is 10.5. The molecular weight excluding hydrogens is 458 g/mol. The van der Waals surface area contributed by atoms with Gasteiger partial charge in [-0.1, -0.05) is 24.3 Å². The molecule has 160 valence electrons. The van der Waals surface area contributed by atoms with E-state index in [1.54, 1.807) is 38.3 Å². The Hall–Kier alpha value is -2.97. The molecule has 3 rings (SSSR count). The van der Waals surface area contributed by atoms with Gasteiger partial charge in [0.15, 0.2) is 0 Å². The molecule has 0 unspecified atom stereocenters. The monoisotopic (exact) mass is 477 g/mol. The number of nitrogens with zero attached hydrogens (tertiary/aromatic N) is 1. The van der Waals surface area contributed by atoms with Crippen LogP contribution in [0.15, 0.2) is 77.7 Å². The molecule has 0 saturated heterocycles. The van der Waals surface area contributed by atoms with Crippen molar-refractivity contribution < 1.29 is 31.3 Å². The first-order valence-electron chi connectivity index (χ1n) is 9.36. The number of thioether (sulfide) groups is 1. The zero-order valence-electron chi connectivity index (χ0n) is 17.0. The van der Waals surface area contributed by atoms with Gasteiger partial charge in [0, 0.05) is 11.1 Å². The maximum absolute atomic E-state index is 12.2. The summed E-state index contributed by atoms with van der Waals surface area (Å²) in [6, 6.07) is 24.4. The molecule has 0 saturated carbocycles. The van der Waals surface area contributed by atoms with Crippen LogP contribution in [0.4, 0.5) is 0 Å².